The maximum atomic E-state index is 10.6. The topological polar surface area (TPSA) is 58.6 Å². The highest BCUT2D eigenvalue weighted by Gasteiger charge is 2.24. The van der Waals surface area contributed by atoms with Crippen molar-refractivity contribution in [2.24, 2.45) is 0 Å². The minimum Gasteiger partial charge on any atom is -0.366 e. The average Bonchev–Trinajstić information content (AvgIpc) is 2.27. The number of aliphatic hydroxyl groups is 1. The highest BCUT2D eigenvalue weighted by atomic mass is 16.6. The van der Waals surface area contributed by atoms with Gasteiger partial charge < -0.3 is 15.2 Å². The highest BCUT2D eigenvalue weighted by Crippen LogP contribution is 2.14. The molecule has 2 N–H and O–H groups in total. The van der Waals surface area contributed by atoms with Crippen LogP contribution in [0.1, 0.15) is 26.3 Å². The molecule has 1 amide bonds. The molecule has 0 aliphatic carbocycles. The zero-order valence-electron chi connectivity index (χ0n) is 11.1. The van der Waals surface area contributed by atoms with Gasteiger partial charge in [0.25, 0.3) is 0 Å². The van der Waals surface area contributed by atoms with E-state index in [1.165, 1.54) is 0 Å². The Balaban J connectivity index is 2.67. The Bertz CT molecular complexity index is 359. The average molecular weight is 251 g/mol. The van der Waals surface area contributed by atoms with Crippen LogP contribution < -0.4 is 5.32 Å². The van der Waals surface area contributed by atoms with Crippen molar-refractivity contribution in [1.29, 1.82) is 0 Å². The van der Waals surface area contributed by atoms with Gasteiger partial charge in [-0.3, -0.25) is 4.79 Å². The fraction of sp³-hybridized carbons (Fsp3) is 0.500. The van der Waals surface area contributed by atoms with Crippen LogP contribution in [0.5, 0.6) is 0 Å². The van der Waals surface area contributed by atoms with E-state index in [9.17, 15) is 9.90 Å². The van der Waals surface area contributed by atoms with Crippen molar-refractivity contribution in [3.8, 4) is 0 Å². The van der Waals surface area contributed by atoms with Crippen LogP contribution in [0, 0.1) is 0 Å². The van der Waals surface area contributed by atoms with Gasteiger partial charge in [-0.15, -0.1) is 0 Å². The first-order valence-electron chi connectivity index (χ1n) is 6.02. The number of carbonyl (C=O) groups is 1. The summed E-state index contributed by atoms with van der Waals surface area (Å²) in [6, 6.07) is 9.21. The maximum absolute atomic E-state index is 10.6. The molecule has 100 valence electrons. The predicted molar refractivity (Wildman–Crippen MR) is 70.0 cm³/mol. The second-order valence-electron chi connectivity index (χ2n) is 5.20. The molecule has 0 aliphatic heterocycles. The lowest BCUT2D eigenvalue weighted by molar-refractivity contribution is -0.180. The standard InChI is InChI=1S/C14H21NO3/c1-14(2,3)18-13(17)12(15-10-16)9-11-7-5-4-6-8-11/h4-8,10,12-13,17H,9H2,1-3H3,(H,15,16). The smallest absolute Gasteiger partial charge is 0.207 e. The van der Waals surface area contributed by atoms with E-state index >= 15 is 0 Å². The zero-order chi connectivity index (χ0) is 13.6. The van der Waals surface area contributed by atoms with Gasteiger partial charge in [0.15, 0.2) is 6.29 Å². The summed E-state index contributed by atoms with van der Waals surface area (Å²) in [6.07, 6.45) is 0.0788. The van der Waals surface area contributed by atoms with Gasteiger partial charge in [-0.2, -0.15) is 0 Å². The van der Waals surface area contributed by atoms with E-state index in [2.05, 4.69) is 5.32 Å². The quantitative estimate of drug-likeness (QED) is 0.594. The fourth-order valence-corrected chi connectivity index (χ4v) is 1.64. The number of carbonyl (C=O) groups excluding carboxylic acids is 1. The number of benzene rings is 1. The number of nitrogens with one attached hydrogen (secondary N) is 1. The van der Waals surface area contributed by atoms with Crippen LogP contribution in [0.25, 0.3) is 0 Å². The third kappa shape index (κ3) is 5.29. The summed E-state index contributed by atoms with van der Waals surface area (Å²) in [7, 11) is 0. The van der Waals surface area contributed by atoms with Crippen LogP contribution in [0.3, 0.4) is 0 Å². The molecular formula is C14H21NO3. The van der Waals surface area contributed by atoms with E-state index in [-0.39, 0.29) is 0 Å². The van der Waals surface area contributed by atoms with E-state index < -0.39 is 17.9 Å². The number of aliphatic hydroxyl groups excluding tert-OH is 1. The summed E-state index contributed by atoms with van der Waals surface area (Å²) < 4.78 is 5.46. The third-order valence-corrected chi connectivity index (χ3v) is 2.40. The lowest BCUT2D eigenvalue weighted by Gasteiger charge is -2.29. The summed E-state index contributed by atoms with van der Waals surface area (Å²) in [5.74, 6) is 0. The first kappa shape index (κ1) is 14.7. The molecule has 0 saturated carbocycles. The van der Waals surface area contributed by atoms with Crippen molar-refractivity contribution in [3.63, 3.8) is 0 Å². The molecule has 0 aliphatic rings. The van der Waals surface area contributed by atoms with Gasteiger partial charge in [-0.25, -0.2) is 0 Å². The molecule has 0 bridgehead atoms. The molecule has 18 heavy (non-hydrogen) atoms. The molecule has 4 heteroatoms. The predicted octanol–water partition coefficient (Wildman–Crippen LogP) is 1.48. The van der Waals surface area contributed by atoms with Crippen LogP contribution in [-0.2, 0) is 16.0 Å². The van der Waals surface area contributed by atoms with Crippen LogP contribution in [0.15, 0.2) is 30.3 Å². The molecule has 0 spiro atoms. The van der Waals surface area contributed by atoms with Gasteiger partial charge in [-0.1, -0.05) is 30.3 Å². The molecule has 0 saturated heterocycles. The molecule has 0 radical (unpaired) electrons. The summed E-state index contributed by atoms with van der Waals surface area (Å²) in [4.78, 5) is 10.6. The SMILES string of the molecule is CC(C)(C)OC(O)C(Cc1ccccc1)NC=O. The van der Waals surface area contributed by atoms with E-state index in [1.54, 1.807) is 0 Å². The maximum Gasteiger partial charge on any atom is 0.207 e. The minimum absolute atomic E-state index is 0.455. The normalized spacial score (nSPS) is 14.9. The summed E-state index contributed by atoms with van der Waals surface area (Å²) in [5, 5.41) is 12.6. The van der Waals surface area contributed by atoms with Gasteiger partial charge in [0.1, 0.15) is 0 Å². The summed E-state index contributed by atoms with van der Waals surface area (Å²) >= 11 is 0. The Morgan fingerprint density at radius 3 is 2.44 bits per heavy atom. The second-order valence-corrected chi connectivity index (χ2v) is 5.20. The van der Waals surface area contributed by atoms with Crippen molar-refractivity contribution in [3.05, 3.63) is 35.9 Å². The van der Waals surface area contributed by atoms with E-state index in [4.69, 9.17) is 4.74 Å². The molecule has 1 rings (SSSR count). The number of hydrogen-bond donors (Lipinski definition) is 2. The van der Waals surface area contributed by atoms with Gasteiger partial charge in [0, 0.05) is 0 Å². The lowest BCUT2D eigenvalue weighted by Crippen LogP contribution is -2.45. The molecule has 1 aromatic rings. The molecule has 2 atom stereocenters. The number of ether oxygens (including phenoxy) is 1. The van der Waals surface area contributed by atoms with E-state index in [0.717, 1.165) is 5.56 Å². The molecular weight excluding hydrogens is 230 g/mol. The minimum atomic E-state index is -1.03. The molecule has 1 aromatic carbocycles. The summed E-state index contributed by atoms with van der Waals surface area (Å²) in [6.45, 7) is 5.57. The monoisotopic (exact) mass is 251 g/mol. The second kappa shape index (κ2) is 6.52. The van der Waals surface area contributed by atoms with Crippen molar-refractivity contribution in [2.45, 2.75) is 45.1 Å². The Morgan fingerprint density at radius 2 is 1.94 bits per heavy atom. The molecule has 0 heterocycles. The van der Waals surface area contributed by atoms with Gasteiger partial charge in [0.05, 0.1) is 11.6 Å². The zero-order valence-corrected chi connectivity index (χ0v) is 11.1. The number of hydrogen-bond acceptors (Lipinski definition) is 3. The van der Waals surface area contributed by atoms with Crippen molar-refractivity contribution in [1.82, 2.24) is 5.32 Å². The Hall–Kier alpha value is -1.39. The first-order chi connectivity index (χ1) is 8.42. The Kier molecular flexibility index (Phi) is 5.31. The molecule has 2 unspecified atom stereocenters. The van der Waals surface area contributed by atoms with Crippen LogP contribution in [0.2, 0.25) is 0 Å². The van der Waals surface area contributed by atoms with Crippen molar-refractivity contribution in [2.75, 3.05) is 0 Å². The lowest BCUT2D eigenvalue weighted by atomic mass is 10.1. The van der Waals surface area contributed by atoms with Crippen molar-refractivity contribution >= 4 is 6.41 Å². The van der Waals surface area contributed by atoms with Gasteiger partial charge >= 0.3 is 0 Å². The Morgan fingerprint density at radius 1 is 1.33 bits per heavy atom. The first-order valence-corrected chi connectivity index (χ1v) is 6.02. The number of rotatable bonds is 6. The highest BCUT2D eigenvalue weighted by molar-refractivity contribution is 5.47. The molecule has 0 fully saturated rings. The summed E-state index contributed by atoms with van der Waals surface area (Å²) in [5.41, 5.74) is 0.576. The Labute approximate surface area is 108 Å². The van der Waals surface area contributed by atoms with Gasteiger partial charge in [0.2, 0.25) is 6.41 Å². The van der Waals surface area contributed by atoms with Gasteiger partial charge in [-0.05, 0) is 32.8 Å². The third-order valence-electron chi connectivity index (χ3n) is 2.40. The number of amides is 1. The van der Waals surface area contributed by atoms with Crippen molar-refractivity contribution < 1.29 is 14.6 Å². The molecule has 4 nitrogen and oxygen atoms in total. The molecule has 0 aromatic heterocycles. The van der Waals surface area contributed by atoms with Crippen LogP contribution in [-0.4, -0.2) is 29.4 Å². The van der Waals surface area contributed by atoms with Crippen LogP contribution >= 0.6 is 0 Å². The van der Waals surface area contributed by atoms with Crippen LogP contribution in [0.4, 0.5) is 0 Å². The van der Waals surface area contributed by atoms with E-state index in [1.807, 2.05) is 51.1 Å². The largest absolute Gasteiger partial charge is 0.366 e. The fourth-order valence-electron chi connectivity index (χ4n) is 1.64. The van der Waals surface area contributed by atoms with E-state index in [0.29, 0.717) is 12.8 Å².